The van der Waals surface area contributed by atoms with Crippen LogP contribution in [0.4, 0.5) is 10.2 Å². The van der Waals surface area contributed by atoms with E-state index in [1.807, 2.05) is 16.8 Å². The molecule has 5 nitrogen and oxygen atoms in total. The van der Waals surface area contributed by atoms with Gasteiger partial charge in [0.05, 0.1) is 11.4 Å². The molecular formula is C27H36FN5. The van der Waals surface area contributed by atoms with Crippen LogP contribution >= 0.6 is 0 Å². The summed E-state index contributed by atoms with van der Waals surface area (Å²) >= 11 is 0. The number of aryl methyl sites for hydroxylation is 1. The van der Waals surface area contributed by atoms with Gasteiger partial charge in [0, 0.05) is 44.8 Å². The van der Waals surface area contributed by atoms with Crippen molar-refractivity contribution in [1.29, 1.82) is 0 Å². The Balaban J connectivity index is 1.71. The Hall–Kier alpha value is -2.70. The Kier molecular flexibility index (Phi) is 7.78. The zero-order valence-corrected chi connectivity index (χ0v) is 20.2. The fraction of sp³-hybridized carbons (Fsp3) is 0.444. The molecule has 2 aromatic carbocycles. The summed E-state index contributed by atoms with van der Waals surface area (Å²) in [5.41, 5.74) is 4.65. The van der Waals surface area contributed by atoms with Gasteiger partial charge in [-0.15, -0.1) is 0 Å². The van der Waals surface area contributed by atoms with Crippen LogP contribution in [0.2, 0.25) is 0 Å². The Morgan fingerprint density at radius 3 is 2.18 bits per heavy atom. The number of halogens is 1. The van der Waals surface area contributed by atoms with Gasteiger partial charge < -0.3 is 9.80 Å². The van der Waals surface area contributed by atoms with E-state index in [9.17, 15) is 4.39 Å². The first-order valence-corrected chi connectivity index (χ1v) is 12.2. The van der Waals surface area contributed by atoms with E-state index in [0.717, 1.165) is 70.2 Å². The molecule has 0 spiro atoms. The van der Waals surface area contributed by atoms with E-state index in [2.05, 4.69) is 65.8 Å². The lowest BCUT2D eigenvalue weighted by molar-refractivity contribution is 0.264. The number of nitrogens with zero attached hydrogens (tertiary/aromatic N) is 5. The Bertz CT molecular complexity index is 1010. The number of piperazine rings is 1. The van der Waals surface area contributed by atoms with Crippen LogP contribution in [-0.4, -0.2) is 58.8 Å². The largest absolute Gasteiger partial charge is 0.354 e. The van der Waals surface area contributed by atoms with Gasteiger partial charge in [0.25, 0.3) is 0 Å². The summed E-state index contributed by atoms with van der Waals surface area (Å²) in [6.07, 6.45) is 0.869. The molecule has 1 aromatic heterocycles. The molecule has 0 aliphatic carbocycles. The first-order valence-electron chi connectivity index (χ1n) is 12.2. The van der Waals surface area contributed by atoms with Gasteiger partial charge >= 0.3 is 0 Å². The smallest absolute Gasteiger partial charge is 0.137 e. The predicted molar refractivity (Wildman–Crippen MR) is 133 cm³/mol. The lowest BCUT2D eigenvalue weighted by atomic mass is 10.1. The third kappa shape index (κ3) is 5.45. The van der Waals surface area contributed by atoms with E-state index in [1.54, 1.807) is 0 Å². The van der Waals surface area contributed by atoms with Crippen LogP contribution in [0.5, 0.6) is 0 Å². The van der Waals surface area contributed by atoms with E-state index < -0.39 is 0 Å². The maximum atomic E-state index is 13.7. The minimum atomic E-state index is -0.222. The number of benzene rings is 2. The van der Waals surface area contributed by atoms with Crippen molar-refractivity contribution >= 4 is 5.82 Å². The van der Waals surface area contributed by atoms with Gasteiger partial charge in [0.15, 0.2) is 0 Å². The summed E-state index contributed by atoms with van der Waals surface area (Å²) in [6.45, 7) is 14.5. The molecule has 4 rings (SSSR count). The maximum absolute atomic E-state index is 13.7. The molecule has 1 aliphatic rings. The summed E-state index contributed by atoms with van der Waals surface area (Å²) in [5.74, 6) is 0.945. The van der Waals surface area contributed by atoms with Gasteiger partial charge in [-0.05, 0) is 49.3 Å². The van der Waals surface area contributed by atoms with Gasteiger partial charge in [-0.25, -0.2) is 9.07 Å². The third-order valence-electron chi connectivity index (χ3n) is 6.64. The van der Waals surface area contributed by atoms with E-state index in [0.29, 0.717) is 0 Å². The fourth-order valence-corrected chi connectivity index (χ4v) is 4.64. The summed E-state index contributed by atoms with van der Waals surface area (Å²) < 4.78 is 15.7. The van der Waals surface area contributed by atoms with Crippen molar-refractivity contribution in [1.82, 2.24) is 19.6 Å². The SMILES string of the molecule is CCc1nn(-c2ccc(F)cc2)c(N2CCN(CC)CC2)c1CN(CC)Cc1ccccc1. The van der Waals surface area contributed by atoms with Crippen LogP contribution in [0, 0.1) is 5.82 Å². The zero-order valence-electron chi connectivity index (χ0n) is 20.2. The van der Waals surface area contributed by atoms with Gasteiger partial charge in [-0.2, -0.15) is 5.10 Å². The number of likely N-dealkylation sites (N-methyl/N-ethyl adjacent to an activating group) is 1. The van der Waals surface area contributed by atoms with Crippen molar-refractivity contribution in [3.63, 3.8) is 0 Å². The van der Waals surface area contributed by atoms with Crippen molar-refractivity contribution in [3.05, 3.63) is 77.2 Å². The quantitative estimate of drug-likeness (QED) is 0.472. The van der Waals surface area contributed by atoms with E-state index >= 15 is 0 Å². The Morgan fingerprint density at radius 2 is 1.58 bits per heavy atom. The van der Waals surface area contributed by atoms with Crippen molar-refractivity contribution < 1.29 is 4.39 Å². The molecule has 0 radical (unpaired) electrons. The van der Waals surface area contributed by atoms with Crippen molar-refractivity contribution in [2.75, 3.05) is 44.2 Å². The highest BCUT2D eigenvalue weighted by Gasteiger charge is 2.27. The number of aromatic nitrogens is 2. The highest BCUT2D eigenvalue weighted by Crippen LogP contribution is 2.31. The van der Waals surface area contributed by atoms with E-state index in [1.165, 1.54) is 29.1 Å². The molecule has 3 aromatic rings. The van der Waals surface area contributed by atoms with Gasteiger partial charge in [-0.1, -0.05) is 51.1 Å². The minimum Gasteiger partial charge on any atom is -0.354 e. The lowest BCUT2D eigenvalue weighted by Gasteiger charge is -2.36. The second-order valence-corrected chi connectivity index (χ2v) is 8.70. The summed E-state index contributed by atoms with van der Waals surface area (Å²) in [4.78, 5) is 7.45. The molecule has 33 heavy (non-hydrogen) atoms. The van der Waals surface area contributed by atoms with Crippen LogP contribution in [0.25, 0.3) is 5.69 Å². The first kappa shape index (κ1) is 23.5. The molecule has 0 amide bonds. The van der Waals surface area contributed by atoms with Crippen molar-refractivity contribution in [2.45, 2.75) is 40.3 Å². The Labute approximate surface area is 197 Å². The second kappa shape index (κ2) is 10.9. The van der Waals surface area contributed by atoms with Gasteiger partial charge in [-0.3, -0.25) is 4.90 Å². The molecule has 2 heterocycles. The van der Waals surface area contributed by atoms with E-state index in [-0.39, 0.29) is 5.82 Å². The lowest BCUT2D eigenvalue weighted by Crippen LogP contribution is -2.47. The molecule has 0 N–H and O–H groups in total. The van der Waals surface area contributed by atoms with Crippen molar-refractivity contribution in [3.8, 4) is 5.69 Å². The third-order valence-corrected chi connectivity index (χ3v) is 6.64. The number of hydrogen-bond acceptors (Lipinski definition) is 4. The average molecular weight is 450 g/mol. The standard InChI is InChI=1S/C27H36FN5/c1-4-26-25(21-31(6-3)20-22-10-8-7-9-11-22)27(32-18-16-30(5-2)17-19-32)33(29-26)24-14-12-23(28)13-15-24/h7-15H,4-6,16-21H2,1-3H3. The zero-order chi connectivity index (χ0) is 23.2. The molecule has 0 atom stereocenters. The molecule has 6 heteroatoms. The van der Waals surface area contributed by atoms with Crippen LogP contribution < -0.4 is 4.90 Å². The van der Waals surface area contributed by atoms with Crippen LogP contribution in [-0.2, 0) is 19.5 Å². The first-order chi connectivity index (χ1) is 16.1. The Morgan fingerprint density at radius 1 is 0.879 bits per heavy atom. The predicted octanol–water partition coefficient (Wildman–Crippen LogP) is 4.74. The van der Waals surface area contributed by atoms with Crippen LogP contribution in [0.3, 0.4) is 0 Å². The average Bonchev–Trinajstić information content (AvgIpc) is 3.22. The topological polar surface area (TPSA) is 27.5 Å². The van der Waals surface area contributed by atoms with Crippen LogP contribution in [0.1, 0.15) is 37.6 Å². The number of hydrogen-bond donors (Lipinski definition) is 0. The van der Waals surface area contributed by atoms with Gasteiger partial charge in [0.1, 0.15) is 11.6 Å². The molecule has 1 aliphatic heterocycles. The summed E-state index contributed by atoms with van der Waals surface area (Å²) in [6, 6.07) is 17.4. The molecule has 0 bridgehead atoms. The summed E-state index contributed by atoms with van der Waals surface area (Å²) in [5, 5.41) is 5.05. The molecule has 1 fully saturated rings. The van der Waals surface area contributed by atoms with E-state index in [4.69, 9.17) is 5.10 Å². The maximum Gasteiger partial charge on any atom is 0.137 e. The molecule has 0 unspecified atom stereocenters. The normalized spacial score (nSPS) is 14.9. The number of rotatable bonds is 9. The highest BCUT2D eigenvalue weighted by molar-refractivity contribution is 5.56. The molecule has 176 valence electrons. The van der Waals surface area contributed by atoms with Crippen molar-refractivity contribution in [2.24, 2.45) is 0 Å². The molecule has 0 saturated carbocycles. The minimum absolute atomic E-state index is 0.222. The molecule has 1 saturated heterocycles. The molecular weight excluding hydrogens is 413 g/mol. The highest BCUT2D eigenvalue weighted by atomic mass is 19.1. The second-order valence-electron chi connectivity index (χ2n) is 8.70. The number of anilines is 1. The van der Waals surface area contributed by atoms with Gasteiger partial charge in [0.2, 0.25) is 0 Å². The van der Waals surface area contributed by atoms with Crippen LogP contribution in [0.15, 0.2) is 54.6 Å². The fourth-order valence-electron chi connectivity index (χ4n) is 4.64. The summed E-state index contributed by atoms with van der Waals surface area (Å²) in [7, 11) is 0. The monoisotopic (exact) mass is 449 g/mol.